The van der Waals surface area contributed by atoms with E-state index in [0.29, 0.717) is 0 Å². The number of hydrogen-bond acceptors (Lipinski definition) is 2. The van der Waals surface area contributed by atoms with E-state index < -0.39 is 0 Å². The molecule has 0 fully saturated rings. The molecule has 3 heteroatoms. The topological polar surface area (TPSA) is 30.7 Å². The Morgan fingerprint density at radius 2 is 1.89 bits per heavy atom. The highest BCUT2D eigenvalue weighted by molar-refractivity contribution is 4.94. The number of hydrogen-bond donors (Lipinski definition) is 0. The van der Waals surface area contributed by atoms with Gasteiger partial charge in [0.2, 0.25) is 0 Å². The molecule has 0 aliphatic rings. The van der Waals surface area contributed by atoms with E-state index in [1.54, 1.807) is 0 Å². The molecule has 0 aromatic carbocycles. The predicted molar refractivity (Wildman–Crippen MR) is 76.6 cm³/mol. The minimum atomic E-state index is 0.855. The number of unbranched alkanes of at least 4 members (excludes halogenated alkanes) is 3. The standard InChI is InChI=1S/C15H29N3/c1-4-7-8-9-12-18-15(13-16-17-18)11-10-14(5-2)6-3/h13-14H,4-12H2,1-3H3. The number of nitrogens with zero attached hydrogens (tertiary/aromatic N) is 3. The first-order chi connectivity index (χ1) is 8.81. The van der Waals surface area contributed by atoms with Crippen molar-refractivity contribution in [3.05, 3.63) is 11.9 Å². The van der Waals surface area contributed by atoms with Crippen molar-refractivity contribution in [2.24, 2.45) is 5.92 Å². The summed E-state index contributed by atoms with van der Waals surface area (Å²) in [6.45, 7) is 7.86. The van der Waals surface area contributed by atoms with Crippen LogP contribution in [0.15, 0.2) is 6.20 Å². The van der Waals surface area contributed by atoms with Crippen molar-refractivity contribution < 1.29 is 0 Å². The summed E-state index contributed by atoms with van der Waals surface area (Å²) >= 11 is 0. The second-order valence-electron chi connectivity index (χ2n) is 5.23. The van der Waals surface area contributed by atoms with Crippen molar-refractivity contribution in [2.45, 2.75) is 78.7 Å². The largest absolute Gasteiger partial charge is 0.249 e. The average Bonchev–Trinajstić information content (AvgIpc) is 2.83. The molecule has 1 rings (SSSR count). The molecule has 0 spiro atoms. The summed E-state index contributed by atoms with van der Waals surface area (Å²) in [4.78, 5) is 0. The number of aromatic nitrogens is 3. The highest BCUT2D eigenvalue weighted by atomic mass is 15.4. The normalized spacial score (nSPS) is 11.3. The fourth-order valence-corrected chi connectivity index (χ4v) is 2.40. The van der Waals surface area contributed by atoms with Gasteiger partial charge >= 0.3 is 0 Å². The van der Waals surface area contributed by atoms with Gasteiger partial charge in [0.25, 0.3) is 0 Å². The molecule has 0 bridgehead atoms. The van der Waals surface area contributed by atoms with Gasteiger partial charge in [-0.05, 0) is 25.2 Å². The van der Waals surface area contributed by atoms with Crippen molar-refractivity contribution in [1.29, 1.82) is 0 Å². The lowest BCUT2D eigenvalue weighted by Crippen LogP contribution is -2.07. The third kappa shape index (κ3) is 5.19. The summed E-state index contributed by atoms with van der Waals surface area (Å²) in [5, 5.41) is 8.27. The van der Waals surface area contributed by atoms with E-state index in [1.807, 2.05) is 6.20 Å². The molecule has 0 amide bonds. The molecule has 18 heavy (non-hydrogen) atoms. The first kappa shape index (κ1) is 15.2. The van der Waals surface area contributed by atoms with E-state index in [2.05, 4.69) is 35.8 Å². The Kier molecular flexibility index (Phi) is 7.70. The van der Waals surface area contributed by atoms with Crippen LogP contribution in [0, 0.1) is 5.92 Å². The Balaban J connectivity index is 2.34. The molecular formula is C15H29N3. The molecule has 104 valence electrons. The van der Waals surface area contributed by atoms with E-state index in [-0.39, 0.29) is 0 Å². The quantitative estimate of drug-likeness (QED) is 0.583. The van der Waals surface area contributed by atoms with Gasteiger partial charge < -0.3 is 0 Å². The van der Waals surface area contributed by atoms with Crippen LogP contribution in [0.2, 0.25) is 0 Å². The van der Waals surface area contributed by atoms with Crippen LogP contribution in [0.1, 0.15) is 71.4 Å². The second-order valence-corrected chi connectivity index (χ2v) is 5.23. The Hall–Kier alpha value is -0.860. The zero-order valence-electron chi connectivity index (χ0n) is 12.4. The number of aryl methyl sites for hydroxylation is 2. The lowest BCUT2D eigenvalue weighted by atomic mass is 9.97. The predicted octanol–water partition coefficient (Wildman–Crippen LogP) is 4.23. The molecule has 1 heterocycles. The first-order valence-corrected chi connectivity index (χ1v) is 7.69. The summed E-state index contributed by atoms with van der Waals surface area (Å²) in [7, 11) is 0. The molecule has 0 unspecified atom stereocenters. The zero-order valence-corrected chi connectivity index (χ0v) is 12.4. The van der Waals surface area contributed by atoms with Crippen molar-refractivity contribution in [3.8, 4) is 0 Å². The Labute approximate surface area is 112 Å². The minimum absolute atomic E-state index is 0.855. The fraction of sp³-hybridized carbons (Fsp3) is 0.867. The molecule has 3 nitrogen and oxygen atoms in total. The summed E-state index contributed by atoms with van der Waals surface area (Å²) in [5.41, 5.74) is 1.32. The van der Waals surface area contributed by atoms with Crippen LogP contribution >= 0.6 is 0 Å². The molecule has 0 radical (unpaired) electrons. The number of rotatable bonds is 10. The van der Waals surface area contributed by atoms with Crippen LogP contribution in [0.5, 0.6) is 0 Å². The lowest BCUT2D eigenvalue weighted by molar-refractivity contribution is 0.440. The van der Waals surface area contributed by atoms with Gasteiger partial charge in [0.15, 0.2) is 0 Å². The van der Waals surface area contributed by atoms with Crippen LogP contribution in [-0.4, -0.2) is 15.0 Å². The molecule has 1 aromatic rings. The first-order valence-electron chi connectivity index (χ1n) is 7.69. The molecule has 0 aliphatic carbocycles. The van der Waals surface area contributed by atoms with E-state index in [1.165, 1.54) is 50.6 Å². The van der Waals surface area contributed by atoms with Crippen LogP contribution in [0.25, 0.3) is 0 Å². The maximum absolute atomic E-state index is 4.21. The van der Waals surface area contributed by atoms with E-state index in [9.17, 15) is 0 Å². The van der Waals surface area contributed by atoms with Gasteiger partial charge in [0.05, 0.1) is 11.9 Å². The van der Waals surface area contributed by atoms with Gasteiger partial charge in [-0.3, -0.25) is 0 Å². The van der Waals surface area contributed by atoms with Crippen LogP contribution < -0.4 is 0 Å². The van der Waals surface area contributed by atoms with Crippen molar-refractivity contribution in [3.63, 3.8) is 0 Å². The van der Waals surface area contributed by atoms with Crippen LogP contribution in [0.4, 0.5) is 0 Å². The maximum Gasteiger partial charge on any atom is 0.0725 e. The third-order valence-electron chi connectivity index (χ3n) is 3.88. The smallest absolute Gasteiger partial charge is 0.0725 e. The summed E-state index contributed by atoms with van der Waals surface area (Å²) in [5.74, 6) is 0.855. The summed E-state index contributed by atoms with van der Waals surface area (Å²) in [6.07, 6.45) is 12.1. The Bertz CT molecular complexity index is 302. The highest BCUT2D eigenvalue weighted by Gasteiger charge is 2.08. The average molecular weight is 251 g/mol. The third-order valence-corrected chi connectivity index (χ3v) is 3.88. The van der Waals surface area contributed by atoms with Gasteiger partial charge in [-0.1, -0.05) is 58.1 Å². The van der Waals surface area contributed by atoms with Crippen molar-refractivity contribution >= 4 is 0 Å². The molecule has 0 atom stereocenters. The molecular weight excluding hydrogens is 222 g/mol. The van der Waals surface area contributed by atoms with E-state index in [4.69, 9.17) is 0 Å². The van der Waals surface area contributed by atoms with Gasteiger partial charge in [0, 0.05) is 6.54 Å². The SMILES string of the molecule is CCCCCCn1nncc1CCC(CC)CC. The Morgan fingerprint density at radius 1 is 1.11 bits per heavy atom. The Morgan fingerprint density at radius 3 is 2.56 bits per heavy atom. The fourth-order valence-electron chi connectivity index (χ4n) is 2.40. The van der Waals surface area contributed by atoms with Crippen LogP contribution in [0.3, 0.4) is 0 Å². The summed E-state index contributed by atoms with van der Waals surface area (Å²) in [6, 6.07) is 0. The second kappa shape index (κ2) is 9.12. The molecule has 0 saturated heterocycles. The minimum Gasteiger partial charge on any atom is -0.249 e. The molecule has 0 aliphatic heterocycles. The van der Waals surface area contributed by atoms with E-state index >= 15 is 0 Å². The van der Waals surface area contributed by atoms with Crippen molar-refractivity contribution in [1.82, 2.24) is 15.0 Å². The maximum atomic E-state index is 4.21. The molecule has 1 aromatic heterocycles. The van der Waals surface area contributed by atoms with Gasteiger partial charge in [0.1, 0.15) is 0 Å². The zero-order chi connectivity index (χ0) is 13.2. The van der Waals surface area contributed by atoms with Gasteiger partial charge in [-0.2, -0.15) is 0 Å². The monoisotopic (exact) mass is 251 g/mol. The van der Waals surface area contributed by atoms with Gasteiger partial charge in [-0.15, -0.1) is 5.10 Å². The van der Waals surface area contributed by atoms with Crippen molar-refractivity contribution in [2.75, 3.05) is 0 Å². The summed E-state index contributed by atoms with van der Waals surface area (Å²) < 4.78 is 2.11. The highest BCUT2D eigenvalue weighted by Crippen LogP contribution is 2.16. The van der Waals surface area contributed by atoms with Gasteiger partial charge in [-0.25, -0.2) is 4.68 Å². The molecule has 0 saturated carbocycles. The van der Waals surface area contributed by atoms with Crippen LogP contribution in [-0.2, 0) is 13.0 Å². The van der Waals surface area contributed by atoms with E-state index in [0.717, 1.165) is 18.9 Å². The lowest BCUT2D eigenvalue weighted by Gasteiger charge is -2.12. The molecule has 0 N–H and O–H groups in total.